The molecule has 1 saturated heterocycles. The molecule has 0 aromatic heterocycles. The highest BCUT2D eigenvalue weighted by Gasteiger charge is 2.16. The molecule has 1 unspecified atom stereocenters. The van der Waals surface area contributed by atoms with Gasteiger partial charge >= 0.3 is 0 Å². The van der Waals surface area contributed by atoms with Crippen LogP contribution in [0.4, 0.5) is 0 Å². The molecule has 0 aliphatic carbocycles. The molecule has 82 valence electrons. The standard InChI is InChI=1S/C12H24N2/c1-4-11(2)10-14(3)12-6-5-8-13-9-7-12/h12-13H,2,4-10H2,1,3H3. The van der Waals surface area contributed by atoms with Crippen LogP contribution in [-0.2, 0) is 0 Å². The van der Waals surface area contributed by atoms with Gasteiger partial charge in [-0.05, 0) is 45.8 Å². The van der Waals surface area contributed by atoms with Crippen LogP contribution in [0.5, 0.6) is 0 Å². The van der Waals surface area contributed by atoms with E-state index in [0.29, 0.717) is 0 Å². The lowest BCUT2D eigenvalue weighted by Gasteiger charge is -2.27. The Morgan fingerprint density at radius 3 is 2.93 bits per heavy atom. The first kappa shape index (κ1) is 11.7. The summed E-state index contributed by atoms with van der Waals surface area (Å²) in [6.07, 6.45) is 5.04. The molecule has 1 aliphatic rings. The van der Waals surface area contributed by atoms with Gasteiger partial charge in [0.05, 0.1) is 0 Å². The highest BCUT2D eigenvalue weighted by molar-refractivity contribution is 4.96. The number of hydrogen-bond acceptors (Lipinski definition) is 2. The van der Waals surface area contributed by atoms with Crippen molar-refractivity contribution in [2.45, 2.75) is 38.6 Å². The van der Waals surface area contributed by atoms with Crippen molar-refractivity contribution in [1.29, 1.82) is 0 Å². The lowest BCUT2D eigenvalue weighted by Crippen LogP contribution is -2.33. The Bertz CT molecular complexity index is 169. The van der Waals surface area contributed by atoms with Crippen LogP contribution < -0.4 is 5.32 Å². The third kappa shape index (κ3) is 3.81. The molecule has 1 fully saturated rings. The lowest BCUT2D eigenvalue weighted by molar-refractivity contribution is 0.241. The van der Waals surface area contributed by atoms with Gasteiger partial charge in [0, 0.05) is 12.6 Å². The minimum absolute atomic E-state index is 0.758. The largest absolute Gasteiger partial charge is 0.317 e. The Kier molecular flexibility index (Phi) is 5.20. The van der Waals surface area contributed by atoms with E-state index in [9.17, 15) is 0 Å². The number of hydrogen-bond donors (Lipinski definition) is 1. The van der Waals surface area contributed by atoms with Crippen molar-refractivity contribution < 1.29 is 0 Å². The molecule has 1 N–H and O–H groups in total. The van der Waals surface area contributed by atoms with E-state index >= 15 is 0 Å². The van der Waals surface area contributed by atoms with Crippen molar-refractivity contribution in [2.75, 3.05) is 26.7 Å². The van der Waals surface area contributed by atoms with Crippen LogP contribution in [0.1, 0.15) is 32.6 Å². The van der Waals surface area contributed by atoms with Crippen LogP contribution in [0.2, 0.25) is 0 Å². The first-order valence-corrected chi connectivity index (χ1v) is 5.81. The SMILES string of the molecule is C=C(CC)CN(C)C1CCCNCC1. The summed E-state index contributed by atoms with van der Waals surface area (Å²) in [6, 6.07) is 0.758. The second kappa shape index (κ2) is 6.20. The van der Waals surface area contributed by atoms with Crippen LogP contribution >= 0.6 is 0 Å². The van der Waals surface area contributed by atoms with E-state index in [1.807, 2.05) is 0 Å². The molecule has 0 amide bonds. The fraction of sp³-hybridized carbons (Fsp3) is 0.833. The summed E-state index contributed by atoms with van der Waals surface area (Å²) in [4.78, 5) is 2.47. The molecule has 1 aliphatic heterocycles. The van der Waals surface area contributed by atoms with Gasteiger partial charge in [-0.15, -0.1) is 0 Å². The van der Waals surface area contributed by atoms with Crippen LogP contribution in [-0.4, -0.2) is 37.6 Å². The van der Waals surface area contributed by atoms with Crippen molar-refractivity contribution in [3.05, 3.63) is 12.2 Å². The van der Waals surface area contributed by atoms with Crippen molar-refractivity contribution in [1.82, 2.24) is 10.2 Å². The Morgan fingerprint density at radius 1 is 1.43 bits per heavy atom. The number of nitrogens with one attached hydrogen (secondary N) is 1. The molecule has 0 aromatic carbocycles. The minimum atomic E-state index is 0.758. The fourth-order valence-corrected chi connectivity index (χ4v) is 2.04. The average molecular weight is 196 g/mol. The third-order valence-corrected chi connectivity index (χ3v) is 3.14. The second-order valence-corrected chi connectivity index (χ2v) is 4.35. The number of nitrogens with zero attached hydrogens (tertiary/aromatic N) is 1. The van der Waals surface area contributed by atoms with E-state index < -0.39 is 0 Å². The summed E-state index contributed by atoms with van der Waals surface area (Å²) >= 11 is 0. The predicted molar refractivity (Wildman–Crippen MR) is 62.6 cm³/mol. The molecule has 0 radical (unpaired) electrons. The molecule has 14 heavy (non-hydrogen) atoms. The summed E-state index contributed by atoms with van der Waals surface area (Å²) in [5.41, 5.74) is 1.35. The number of rotatable bonds is 4. The monoisotopic (exact) mass is 196 g/mol. The van der Waals surface area contributed by atoms with Crippen molar-refractivity contribution in [3.63, 3.8) is 0 Å². The summed E-state index contributed by atoms with van der Waals surface area (Å²) in [5, 5.41) is 3.45. The van der Waals surface area contributed by atoms with Crippen LogP contribution in [0, 0.1) is 0 Å². The van der Waals surface area contributed by atoms with E-state index in [-0.39, 0.29) is 0 Å². The molecule has 2 heteroatoms. The van der Waals surface area contributed by atoms with Crippen LogP contribution in [0.25, 0.3) is 0 Å². The maximum Gasteiger partial charge on any atom is 0.0189 e. The molecule has 0 spiro atoms. The Morgan fingerprint density at radius 2 is 2.21 bits per heavy atom. The van der Waals surface area contributed by atoms with Gasteiger partial charge in [-0.2, -0.15) is 0 Å². The maximum absolute atomic E-state index is 4.07. The van der Waals surface area contributed by atoms with E-state index in [0.717, 1.165) is 19.0 Å². The lowest BCUT2D eigenvalue weighted by atomic mass is 10.1. The zero-order chi connectivity index (χ0) is 10.4. The average Bonchev–Trinajstić information content (AvgIpc) is 2.45. The Labute approximate surface area is 88.4 Å². The van der Waals surface area contributed by atoms with Crippen molar-refractivity contribution in [2.24, 2.45) is 0 Å². The molecule has 1 heterocycles. The van der Waals surface area contributed by atoms with Gasteiger partial charge < -0.3 is 5.32 Å². The van der Waals surface area contributed by atoms with Gasteiger partial charge in [0.15, 0.2) is 0 Å². The molecule has 0 bridgehead atoms. The van der Waals surface area contributed by atoms with E-state index in [2.05, 4.69) is 30.8 Å². The Hall–Kier alpha value is -0.340. The first-order valence-electron chi connectivity index (χ1n) is 5.81. The summed E-state index contributed by atoms with van der Waals surface area (Å²) < 4.78 is 0. The summed E-state index contributed by atoms with van der Waals surface area (Å²) in [5.74, 6) is 0. The van der Waals surface area contributed by atoms with Crippen LogP contribution in [0.15, 0.2) is 12.2 Å². The molecule has 2 nitrogen and oxygen atoms in total. The molecular formula is C12H24N2. The second-order valence-electron chi connectivity index (χ2n) is 4.35. The topological polar surface area (TPSA) is 15.3 Å². The van der Waals surface area contributed by atoms with Gasteiger partial charge in [0.25, 0.3) is 0 Å². The summed E-state index contributed by atoms with van der Waals surface area (Å²) in [6.45, 7) is 9.70. The normalized spacial score (nSPS) is 23.5. The third-order valence-electron chi connectivity index (χ3n) is 3.14. The maximum atomic E-state index is 4.07. The van der Waals surface area contributed by atoms with Crippen molar-refractivity contribution in [3.8, 4) is 0 Å². The number of likely N-dealkylation sites (N-methyl/N-ethyl adjacent to an activating group) is 1. The van der Waals surface area contributed by atoms with E-state index in [4.69, 9.17) is 0 Å². The van der Waals surface area contributed by atoms with E-state index in [1.54, 1.807) is 0 Å². The summed E-state index contributed by atoms with van der Waals surface area (Å²) in [7, 11) is 2.23. The fourth-order valence-electron chi connectivity index (χ4n) is 2.04. The molecule has 1 atom stereocenters. The molecule has 0 aromatic rings. The zero-order valence-electron chi connectivity index (χ0n) is 9.68. The smallest absolute Gasteiger partial charge is 0.0189 e. The highest BCUT2D eigenvalue weighted by Crippen LogP contribution is 2.13. The minimum Gasteiger partial charge on any atom is -0.317 e. The quantitative estimate of drug-likeness (QED) is 0.692. The molecule has 1 rings (SSSR count). The predicted octanol–water partition coefficient (Wildman–Crippen LogP) is 2.03. The molecular weight excluding hydrogens is 172 g/mol. The van der Waals surface area contributed by atoms with Gasteiger partial charge in [-0.3, -0.25) is 4.90 Å². The van der Waals surface area contributed by atoms with Crippen LogP contribution in [0.3, 0.4) is 0 Å². The van der Waals surface area contributed by atoms with Gasteiger partial charge in [-0.1, -0.05) is 19.1 Å². The van der Waals surface area contributed by atoms with Gasteiger partial charge in [-0.25, -0.2) is 0 Å². The first-order chi connectivity index (χ1) is 6.74. The van der Waals surface area contributed by atoms with Gasteiger partial charge in [0.2, 0.25) is 0 Å². The highest BCUT2D eigenvalue weighted by atomic mass is 15.1. The molecule has 0 saturated carbocycles. The Balaban J connectivity index is 2.33. The van der Waals surface area contributed by atoms with Crippen molar-refractivity contribution >= 4 is 0 Å². The van der Waals surface area contributed by atoms with E-state index in [1.165, 1.54) is 37.9 Å². The zero-order valence-corrected chi connectivity index (χ0v) is 9.68. The van der Waals surface area contributed by atoms with Gasteiger partial charge in [0.1, 0.15) is 0 Å².